The average molecular weight is 206 g/mol. The molecule has 7 heavy (non-hydrogen) atoms. The Bertz CT molecular complexity index is 44.8. The van der Waals surface area contributed by atoms with E-state index in [1.165, 1.54) is 0 Å². The summed E-state index contributed by atoms with van der Waals surface area (Å²) in [4.78, 5) is 17.0. The van der Waals surface area contributed by atoms with Gasteiger partial charge in [-0.1, -0.05) is 0 Å². The molecule has 28 valence electrons. The smallest absolute Gasteiger partial charge is 1.00 e. The molecule has 0 radical (unpaired) electrons. The van der Waals surface area contributed by atoms with Gasteiger partial charge in [0.1, 0.15) is 0 Å². The molecule has 0 bridgehead atoms. The zero-order chi connectivity index (χ0) is 3.58. The van der Waals surface area contributed by atoms with E-state index in [1.54, 1.807) is 0 Å². The van der Waals surface area contributed by atoms with Crippen LogP contribution in [0.5, 0.6) is 0 Å². The molecule has 3 nitrogen and oxygen atoms in total. The van der Waals surface area contributed by atoms with Crippen molar-refractivity contribution < 1.29 is 117 Å². The van der Waals surface area contributed by atoms with Crippen molar-refractivity contribution in [2.45, 2.75) is 0 Å². The molecular weight excluding hydrogens is 204 g/mol. The van der Waals surface area contributed by atoms with Gasteiger partial charge in [0.05, 0.1) is 0 Å². The Morgan fingerprint density at radius 1 is 1.43 bits per heavy atom. The van der Waals surface area contributed by atoms with Crippen molar-refractivity contribution in [1.29, 1.82) is 0 Å². The maximum absolute atomic E-state index is 8.52. The summed E-state index contributed by atoms with van der Waals surface area (Å²) >= 11 is 0. The first-order valence-electron chi connectivity index (χ1n) is 0.612. The molecule has 0 aromatic heterocycles. The van der Waals surface area contributed by atoms with Crippen LogP contribution in [0, 0.1) is 0 Å². The van der Waals surface area contributed by atoms with Crippen LogP contribution in [0.1, 0.15) is 2.85 Å². The van der Waals surface area contributed by atoms with Crippen LogP contribution >= 0.6 is 0 Å². The predicted octanol–water partition coefficient (Wildman–Crippen LogP) is -8.65. The van der Waals surface area contributed by atoms with Gasteiger partial charge >= 0.3 is 100 Å². The van der Waals surface area contributed by atoms with Gasteiger partial charge in [-0.15, -0.1) is 0 Å². The number of rotatable bonds is 0. The van der Waals surface area contributed by atoms with Crippen molar-refractivity contribution in [3.05, 3.63) is 0 Å². The third-order valence-corrected chi connectivity index (χ3v) is 0. The van der Waals surface area contributed by atoms with Gasteiger partial charge in [-0.2, -0.15) is 0 Å². The van der Waals surface area contributed by atoms with Crippen LogP contribution in [0.25, 0.3) is 0 Å². The van der Waals surface area contributed by atoms with E-state index in [4.69, 9.17) is 14.1 Å². The Hall–Kier alpha value is 2.88. The van der Waals surface area contributed by atoms with E-state index in [-0.39, 0.29) is 103 Å². The van der Waals surface area contributed by atoms with Gasteiger partial charge in [-0.25, -0.2) is 0 Å². The zero-order valence-corrected chi connectivity index (χ0v) is 13.5. The summed E-state index contributed by atoms with van der Waals surface area (Å²) in [6, 6.07) is 0. The van der Waals surface area contributed by atoms with E-state index in [2.05, 4.69) is 0 Å². The van der Waals surface area contributed by atoms with Crippen LogP contribution in [-0.2, 0) is 23.9 Å². The third kappa shape index (κ3) is 50.7. The molecule has 0 spiro atoms. The van der Waals surface area contributed by atoms with Crippen molar-refractivity contribution in [2.24, 2.45) is 0 Å². The van der Waals surface area contributed by atoms with Crippen LogP contribution in [-0.4, -0.2) is 9.17 Å². The predicted molar refractivity (Wildman–Crippen MR) is 8.66 cm³/mol. The van der Waals surface area contributed by atoms with Crippen molar-refractivity contribution in [1.82, 2.24) is 0 Å². The van der Waals surface area contributed by atoms with Crippen LogP contribution in [0.4, 0.5) is 0 Å². The van der Waals surface area contributed by atoms with Crippen LogP contribution in [0.2, 0.25) is 0 Å². The normalized spacial score (nSPS) is 3.43. The Morgan fingerprint density at radius 2 is 1.43 bits per heavy atom. The summed E-state index contributed by atoms with van der Waals surface area (Å²) in [6.07, 6.45) is 0. The molecule has 0 saturated carbocycles. The minimum Gasteiger partial charge on any atom is -1.00 e. The fourth-order valence-electron chi connectivity index (χ4n) is 0. The quantitative estimate of drug-likeness (QED) is 0.369. The topological polar surface area (TPSA) is 63.2 Å². The second-order valence-corrected chi connectivity index (χ2v) is 0.750. The van der Waals surface area contributed by atoms with Crippen molar-refractivity contribution in [2.75, 3.05) is 0 Å². The van der Waals surface area contributed by atoms with E-state index < -0.39 is 9.17 Å². The molecule has 0 aromatic rings. The Morgan fingerprint density at radius 3 is 1.43 bits per heavy atom. The molecule has 0 N–H and O–H groups in total. The van der Waals surface area contributed by atoms with Gasteiger partial charge in [-0.05, 0) is 0 Å². The van der Waals surface area contributed by atoms with Gasteiger partial charge in [0.2, 0.25) is 0 Å². The standard InChI is InChI=1S/K.Na.O3Si.Zn.2H/c;;1-4(2)3;;;/q2*+1;-2;+2;2*-1. The molecule has 0 aliphatic heterocycles. The van der Waals surface area contributed by atoms with Crippen LogP contribution < -0.4 is 90.5 Å². The zero-order valence-electron chi connectivity index (χ0n) is 6.43. The van der Waals surface area contributed by atoms with Crippen LogP contribution in [0.15, 0.2) is 0 Å². The largest absolute Gasteiger partial charge is 2.00 e. The van der Waals surface area contributed by atoms with Crippen molar-refractivity contribution in [3.63, 3.8) is 0 Å². The Kier molecular flexibility index (Phi) is 51.3. The van der Waals surface area contributed by atoms with E-state index in [0.717, 1.165) is 0 Å². The molecule has 0 saturated heterocycles. The minimum absolute atomic E-state index is 0. The van der Waals surface area contributed by atoms with Crippen molar-refractivity contribution in [3.8, 4) is 0 Å². The van der Waals surface area contributed by atoms with Gasteiger partial charge in [0, 0.05) is 9.17 Å². The second-order valence-electron chi connectivity index (χ2n) is 0.250. The van der Waals surface area contributed by atoms with E-state index in [1.807, 2.05) is 0 Å². The van der Waals surface area contributed by atoms with Gasteiger partial charge < -0.3 is 16.9 Å². The molecule has 0 aliphatic rings. The molecular formula is H2KNaO3SiZn. The summed E-state index contributed by atoms with van der Waals surface area (Å²) in [5, 5.41) is 0. The molecule has 0 atom stereocenters. The maximum Gasteiger partial charge on any atom is 2.00 e. The monoisotopic (exact) mass is 204 g/mol. The summed E-state index contributed by atoms with van der Waals surface area (Å²) < 4.78 is 8.52. The third-order valence-electron chi connectivity index (χ3n) is 0. The minimum atomic E-state index is -3.63. The van der Waals surface area contributed by atoms with E-state index in [0.29, 0.717) is 0 Å². The molecule has 0 rings (SSSR count). The Labute approximate surface area is 124 Å². The van der Waals surface area contributed by atoms with E-state index in [9.17, 15) is 0 Å². The summed E-state index contributed by atoms with van der Waals surface area (Å²) in [5.41, 5.74) is 0. The SMILES string of the molecule is O=[Si]([O-])[O-].[H-].[H-].[K+].[Na+].[Zn+2]. The number of hydrogen-bond acceptors (Lipinski definition) is 3. The van der Waals surface area contributed by atoms with Gasteiger partial charge in [0.15, 0.2) is 0 Å². The summed E-state index contributed by atoms with van der Waals surface area (Å²) in [7, 11) is -3.63. The Balaban J connectivity index is -0.00000000450. The molecule has 0 heterocycles. The molecule has 0 fully saturated rings. The number of hydrogen-bond donors (Lipinski definition) is 0. The second kappa shape index (κ2) is 15.9. The first-order valence-corrected chi connectivity index (χ1v) is 1.84. The van der Waals surface area contributed by atoms with E-state index >= 15 is 0 Å². The van der Waals surface area contributed by atoms with Crippen LogP contribution in [0.3, 0.4) is 0 Å². The maximum atomic E-state index is 8.52. The fourth-order valence-corrected chi connectivity index (χ4v) is 0. The fraction of sp³-hybridized carbons (Fsp3) is 0. The first-order chi connectivity index (χ1) is 1.73. The van der Waals surface area contributed by atoms with Gasteiger partial charge in [0.25, 0.3) is 0 Å². The molecule has 0 unspecified atom stereocenters. The summed E-state index contributed by atoms with van der Waals surface area (Å²) in [5.74, 6) is 0. The summed E-state index contributed by atoms with van der Waals surface area (Å²) in [6.45, 7) is 0. The molecule has 7 heteroatoms. The molecule has 0 aliphatic carbocycles. The molecule has 0 amide bonds. The van der Waals surface area contributed by atoms with Crippen molar-refractivity contribution >= 4 is 9.17 Å². The van der Waals surface area contributed by atoms with Gasteiger partial charge in [-0.3, -0.25) is 0 Å². The molecule has 0 aromatic carbocycles. The average Bonchev–Trinajstić information content (AvgIpc) is 0.811. The first kappa shape index (κ1) is 22.5.